The fourth-order valence-corrected chi connectivity index (χ4v) is 4.54. The van der Waals surface area contributed by atoms with Crippen LogP contribution in [0.2, 0.25) is 5.15 Å². The molecule has 2 aromatic heterocycles. The van der Waals surface area contributed by atoms with Crippen molar-refractivity contribution in [2.75, 3.05) is 6.61 Å². The van der Waals surface area contributed by atoms with E-state index in [4.69, 9.17) is 21.4 Å². The number of hydrogen-bond donors (Lipinski definition) is 0. The summed E-state index contributed by atoms with van der Waals surface area (Å²) in [7, 11) is 0. The van der Waals surface area contributed by atoms with Gasteiger partial charge in [-0.15, -0.1) is 0 Å². The first-order chi connectivity index (χ1) is 15.7. The van der Waals surface area contributed by atoms with E-state index in [2.05, 4.69) is 77.8 Å². The van der Waals surface area contributed by atoms with Crippen molar-refractivity contribution in [2.45, 2.75) is 12.5 Å². The van der Waals surface area contributed by atoms with E-state index in [0.29, 0.717) is 23.0 Å². The van der Waals surface area contributed by atoms with Crippen molar-refractivity contribution >= 4 is 22.6 Å². The predicted octanol–water partition coefficient (Wildman–Crippen LogP) is 6.32. The maximum atomic E-state index is 6.38. The molecule has 3 aromatic carbocycles. The molecule has 0 spiro atoms. The second-order valence-electron chi connectivity index (χ2n) is 7.48. The van der Waals surface area contributed by atoms with Gasteiger partial charge < -0.3 is 4.74 Å². The van der Waals surface area contributed by atoms with E-state index in [9.17, 15) is 0 Å². The molecule has 32 heavy (non-hydrogen) atoms. The fraction of sp³-hybridized carbons (Fsp3) is 0.111. The molecule has 158 valence electrons. The predicted molar refractivity (Wildman–Crippen MR) is 128 cm³/mol. The third-order valence-electron chi connectivity index (χ3n) is 5.67. The normalized spacial score (nSPS) is 11.6. The molecule has 0 radical (unpaired) electrons. The molecule has 5 aromatic rings. The second-order valence-corrected chi connectivity index (χ2v) is 7.84. The van der Waals surface area contributed by atoms with E-state index in [0.717, 1.165) is 22.2 Å². The van der Waals surface area contributed by atoms with Gasteiger partial charge in [-0.05, 0) is 23.6 Å². The van der Waals surface area contributed by atoms with Crippen molar-refractivity contribution in [2.24, 2.45) is 0 Å². The molecule has 0 fully saturated rings. The number of aromatic nitrogens is 3. The van der Waals surface area contributed by atoms with E-state index in [-0.39, 0.29) is 0 Å². The first kappa shape index (κ1) is 20.3. The highest BCUT2D eigenvalue weighted by Gasteiger charge is 2.40. The number of fused-ring (bicyclic) bond motifs is 1. The van der Waals surface area contributed by atoms with Gasteiger partial charge in [-0.3, -0.25) is 0 Å². The van der Waals surface area contributed by atoms with E-state index >= 15 is 0 Å². The minimum atomic E-state index is -0.718. The van der Waals surface area contributed by atoms with Gasteiger partial charge in [-0.1, -0.05) is 103 Å². The molecule has 5 heteroatoms. The highest BCUT2D eigenvalue weighted by atomic mass is 35.5. The van der Waals surface area contributed by atoms with Crippen LogP contribution in [-0.2, 0) is 5.54 Å². The summed E-state index contributed by atoms with van der Waals surface area (Å²) >= 11 is 6.38. The molecule has 0 aliphatic carbocycles. The number of rotatable bonds is 6. The van der Waals surface area contributed by atoms with E-state index in [1.54, 1.807) is 6.20 Å². The first-order valence-electron chi connectivity index (χ1n) is 10.6. The van der Waals surface area contributed by atoms with Crippen LogP contribution in [0, 0.1) is 0 Å². The lowest BCUT2D eigenvalue weighted by atomic mass is 9.77. The third kappa shape index (κ3) is 3.24. The lowest BCUT2D eigenvalue weighted by Crippen LogP contribution is -2.38. The van der Waals surface area contributed by atoms with Crippen molar-refractivity contribution in [1.82, 2.24) is 14.8 Å². The Balaban J connectivity index is 1.92. The lowest BCUT2D eigenvalue weighted by molar-refractivity contribution is 0.339. The first-order valence-corrected chi connectivity index (χ1v) is 11.0. The number of halogens is 1. The van der Waals surface area contributed by atoms with E-state index in [1.165, 1.54) is 0 Å². The van der Waals surface area contributed by atoms with Crippen LogP contribution >= 0.6 is 11.6 Å². The average molecular weight is 440 g/mol. The van der Waals surface area contributed by atoms with Crippen LogP contribution in [0.25, 0.3) is 11.0 Å². The molecular weight excluding hydrogens is 418 g/mol. The number of nitrogens with zero attached hydrogens (tertiary/aromatic N) is 3. The Morgan fingerprint density at radius 3 is 1.78 bits per heavy atom. The van der Waals surface area contributed by atoms with Crippen molar-refractivity contribution in [1.29, 1.82) is 0 Å². The summed E-state index contributed by atoms with van der Waals surface area (Å²) in [4.78, 5) is 4.57. The van der Waals surface area contributed by atoms with Gasteiger partial charge in [0, 0.05) is 6.07 Å². The zero-order valence-corrected chi connectivity index (χ0v) is 18.4. The van der Waals surface area contributed by atoms with Crippen molar-refractivity contribution < 1.29 is 4.74 Å². The zero-order valence-electron chi connectivity index (χ0n) is 17.6. The monoisotopic (exact) mass is 439 g/mol. The van der Waals surface area contributed by atoms with Crippen LogP contribution < -0.4 is 4.74 Å². The van der Waals surface area contributed by atoms with Gasteiger partial charge in [0.15, 0.2) is 10.9 Å². The highest BCUT2D eigenvalue weighted by Crippen LogP contribution is 2.42. The molecule has 0 aliphatic heterocycles. The summed E-state index contributed by atoms with van der Waals surface area (Å²) in [6, 6.07) is 33.2. The summed E-state index contributed by atoms with van der Waals surface area (Å²) in [5, 5.41) is 5.22. The van der Waals surface area contributed by atoms with Crippen molar-refractivity contribution in [3.8, 4) is 5.75 Å². The number of benzene rings is 3. The molecule has 0 saturated carbocycles. The van der Waals surface area contributed by atoms with Gasteiger partial charge in [0.05, 0.1) is 18.3 Å². The summed E-state index contributed by atoms with van der Waals surface area (Å²) < 4.78 is 7.80. The topological polar surface area (TPSA) is 39.9 Å². The number of hydrogen-bond acceptors (Lipinski definition) is 3. The van der Waals surface area contributed by atoms with E-state index < -0.39 is 5.54 Å². The smallest absolute Gasteiger partial charge is 0.171 e. The Bertz CT molecular complexity index is 1240. The molecule has 4 nitrogen and oxygen atoms in total. The van der Waals surface area contributed by atoms with Gasteiger partial charge in [-0.25, -0.2) is 9.67 Å². The maximum Gasteiger partial charge on any atom is 0.171 e. The number of ether oxygens (including phenoxy) is 1. The minimum Gasteiger partial charge on any atom is -0.491 e. The quantitative estimate of drug-likeness (QED) is 0.229. The standard InChI is InChI=1S/C27H22ClN3O/c1-2-32-25-18-24-23(30-26(25)28)19-29-31(24)27(20-12-6-3-7-13-20,21-14-8-4-9-15-21)22-16-10-5-11-17-22/h3-19H,2H2,1H3. The van der Waals surface area contributed by atoms with Gasteiger partial charge in [0.2, 0.25) is 0 Å². The van der Waals surface area contributed by atoms with Crippen LogP contribution in [0.5, 0.6) is 5.75 Å². The summed E-state index contributed by atoms with van der Waals surface area (Å²) in [5.41, 5.74) is 4.12. The molecule has 0 bridgehead atoms. The Hall–Kier alpha value is -3.63. The second kappa shape index (κ2) is 8.48. The molecule has 0 atom stereocenters. The van der Waals surface area contributed by atoms with Crippen molar-refractivity contribution in [3.63, 3.8) is 0 Å². The van der Waals surface area contributed by atoms with Crippen LogP contribution in [0.3, 0.4) is 0 Å². The fourth-order valence-electron chi connectivity index (χ4n) is 4.34. The Morgan fingerprint density at radius 2 is 1.31 bits per heavy atom. The average Bonchev–Trinajstić information content (AvgIpc) is 3.25. The summed E-state index contributed by atoms with van der Waals surface area (Å²) in [6.07, 6.45) is 1.76. The van der Waals surface area contributed by atoms with Gasteiger partial charge >= 0.3 is 0 Å². The molecule has 2 heterocycles. The number of pyridine rings is 1. The largest absolute Gasteiger partial charge is 0.491 e. The van der Waals surface area contributed by atoms with Crippen LogP contribution in [0.15, 0.2) is 103 Å². The molecule has 0 aliphatic rings. The molecule has 0 unspecified atom stereocenters. The van der Waals surface area contributed by atoms with Gasteiger partial charge in [-0.2, -0.15) is 5.10 Å². The molecule has 0 saturated heterocycles. The third-order valence-corrected chi connectivity index (χ3v) is 5.94. The van der Waals surface area contributed by atoms with Gasteiger partial charge in [0.25, 0.3) is 0 Å². The molecule has 0 N–H and O–H groups in total. The maximum absolute atomic E-state index is 6.38. The Kier molecular flexibility index (Phi) is 5.38. The SMILES string of the molecule is CCOc1cc2c(cnn2C(c2ccccc2)(c2ccccc2)c2ccccc2)nc1Cl. The molecular formula is C27H22ClN3O. The lowest BCUT2D eigenvalue weighted by Gasteiger charge is -2.37. The molecule has 0 amide bonds. The van der Waals surface area contributed by atoms with E-state index in [1.807, 2.05) is 35.9 Å². The van der Waals surface area contributed by atoms with Gasteiger partial charge in [0.1, 0.15) is 11.1 Å². The van der Waals surface area contributed by atoms with Crippen molar-refractivity contribution in [3.05, 3.63) is 125 Å². The molecule has 5 rings (SSSR count). The Labute approximate surface area is 192 Å². The minimum absolute atomic E-state index is 0.337. The van der Waals surface area contributed by atoms with Crippen LogP contribution in [0.4, 0.5) is 0 Å². The Morgan fingerprint density at radius 1 is 0.812 bits per heavy atom. The van der Waals surface area contributed by atoms with Crippen LogP contribution in [0.1, 0.15) is 23.6 Å². The highest BCUT2D eigenvalue weighted by molar-refractivity contribution is 6.31. The zero-order chi connectivity index (χ0) is 22.0. The summed E-state index contributed by atoms with van der Waals surface area (Å²) in [6.45, 7) is 2.43. The summed E-state index contributed by atoms with van der Waals surface area (Å²) in [5.74, 6) is 0.548. The van der Waals surface area contributed by atoms with Crippen LogP contribution in [-0.4, -0.2) is 21.4 Å².